The maximum absolute atomic E-state index is 12.2. The molecule has 4 nitrogen and oxygen atoms in total. The lowest BCUT2D eigenvalue weighted by Crippen LogP contribution is -2.21. The van der Waals surface area contributed by atoms with E-state index in [1.54, 1.807) is 0 Å². The molecule has 3 aromatic rings. The van der Waals surface area contributed by atoms with Crippen LogP contribution < -0.4 is 10.5 Å². The molecule has 0 amide bonds. The highest BCUT2D eigenvalue weighted by molar-refractivity contribution is 6.36. The van der Waals surface area contributed by atoms with Gasteiger partial charge in [0.1, 0.15) is 11.3 Å². The zero-order valence-electron chi connectivity index (χ0n) is 12.4. The zero-order valence-corrected chi connectivity index (χ0v) is 13.1. The highest BCUT2D eigenvalue weighted by atomic mass is 35.5. The van der Waals surface area contributed by atoms with E-state index in [9.17, 15) is 9.90 Å². The van der Waals surface area contributed by atoms with Gasteiger partial charge in [-0.15, -0.1) is 0 Å². The van der Waals surface area contributed by atoms with E-state index >= 15 is 0 Å². The van der Waals surface area contributed by atoms with Crippen LogP contribution in [0, 0.1) is 0 Å². The maximum atomic E-state index is 12.2. The second-order valence-electron chi connectivity index (χ2n) is 5.09. The van der Waals surface area contributed by atoms with Crippen molar-refractivity contribution in [1.29, 1.82) is 0 Å². The Morgan fingerprint density at radius 3 is 2.55 bits per heavy atom. The highest BCUT2D eigenvalue weighted by Gasteiger charge is 2.13. The van der Waals surface area contributed by atoms with E-state index in [0.717, 1.165) is 24.2 Å². The lowest BCUT2D eigenvalue weighted by atomic mass is 10.1. The summed E-state index contributed by atoms with van der Waals surface area (Å²) in [6.07, 6.45) is 0. The summed E-state index contributed by atoms with van der Waals surface area (Å²) < 4.78 is 5.43. The predicted molar refractivity (Wildman–Crippen MR) is 90.2 cm³/mol. The summed E-state index contributed by atoms with van der Waals surface area (Å²) in [5, 5.41) is 11.6. The van der Waals surface area contributed by atoms with E-state index in [1.165, 1.54) is 12.1 Å². The van der Waals surface area contributed by atoms with Gasteiger partial charge in [-0.3, -0.25) is 0 Å². The molecule has 0 aliphatic heterocycles. The van der Waals surface area contributed by atoms with Crippen LogP contribution in [0.3, 0.4) is 0 Å². The van der Waals surface area contributed by atoms with E-state index in [0.29, 0.717) is 16.4 Å². The normalized spacial score (nSPS) is 11.2. The van der Waals surface area contributed by atoms with Crippen molar-refractivity contribution in [3.8, 4) is 5.75 Å². The number of rotatable bonds is 3. The third-order valence-electron chi connectivity index (χ3n) is 3.87. The number of anilines is 1. The Bertz CT molecular complexity index is 913. The molecule has 0 bridgehead atoms. The van der Waals surface area contributed by atoms with Gasteiger partial charge in [0.25, 0.3) is 0 Å². The molecular formula is C17H16ClNO3. The fourth-order valence-electron chi connectivity index (χ4n) is 2.77. The van der Waals surface area contributed by atoms with Crippen LogP contribution in [0.5, 0.6) is 5.75 Å². The Balaban J connectivity index is 2.37. The van der Waals surface area contributed by atoms with Gasteiger partial charge in [-0.2, -0.15) is 0 Å². The second kappa shape index (κ2) is 5.54. The van der Waals surface area contributed by atoms with Crippen molar-refractivity contribution in [2.24, 2.45) is 0 Å². The van der Waals surface area contributed by atoms with Crippen LogP contribution in [0.2, 0.25) is 5.02 Å². The molecule has 0 unspecified atom stereocenters. The smallest absolute Gasteiger partial charge is 0.345 e. The monoisotopic (exact) mass is 317 g/mol. The van der Waals surface area contributed by atoms with Crippen LogP contribution >= 0.6 is 11.6 Å². The number of nitrogens with zero attached hydrogens (tertiary/aromatic N) is 1. The number of hydrogen-bond acceptors (Lipinski definition) is 4. The van der Waals surface area contributed by atoms with Crippen LogP contribution in [-0.2, 0) is 0 Å². The second-order valence-corrected chi connectivity index (χ2v) is 5.50. The summed E-state index contributed by atoms with van der Waals surface area (Å²) in [5.74, 6) is 0.0252. The SMILES string of the molecule is CCN(CC)c1ccc2c(c1)oc(=O)c1c(Cl)cc(O)cc12. The van der Waals surface area contributed by atoms with E-state index < -0.39 is 5.63 Å². The van der Waals surface area contributed by atoms with Crippen molar-refractivity contribution >= 4 is 39.0 Å². The number of benzene rings is 2. The standard InChI is InChI=1S/C17H16ClNO3/c1-3-19(4-2)10-5-6-12-13-8-11(20)9-14(18)16(13)17(21)22-15(12)7-10/h5-9,20H,3-4H2,1-2H3. The van der Waals surface area contributed by atoms with Crippen LogP contribution in [0.4, 0.5) is 5.69 Å². The molecule has 5 heteroatoms. The molecule has 1 N–H and O–H groups in total. The molecule has 0 fully saturated rings. The first kappa shape index (κ1) is 14.7. The fourth-order valence-corrected chi connectivity index (χ4v) is 3.06. The van der Waals surface area contributed by atoms with Gasteiger partial charge in [0, 0.05) is 35.6 Å². The summed E-state index contributed by atoms with van der Waals surface area (Å²) >= 11 is 6.07. The Morgan fingerprint density at radius 2 is 1.86 bits per heavy atom. The third-order valence-corrected chi connectivity index (χ3v) is 4.16. The van der Waals surface area contributed by atoms with Crippen LogP contribution in [0.25, 0.3) is 21.7 Å². The van der Waals surface area contributed by atoms with Gasteiger partial charge in [0.15, 0.2) is 0 Å². The van der Waals surface area contributed by atoms with Gasteiger partial charge in [-0.25, -0.2) is 4.79 Å². The maximum Gasteiger partial charge on any atom is 0.345 e. The lowest BCUT2D eigenvalue weighted by molar-refractivity contribution is 0.476. The van der Waals surface area contributed by atoms with Crippen molar-refractivity contribution in [2.45, 2.75) is 13.8 Å². The quantitative estimate of drug-likeness (QED) is 0.582. The summed E-state index contributed by atoms with van der Waals surface area (Å²) in [6, 6.07) is 8.60. The lowest BCUT2D eigenvalue weighted by Gasteiger charge is -2.21. The molecule has 22 heavy (non-hydrogen) atoms. The Kier molecular flexibility index (Phi) is 3.71. The molecule has 0 atom stereocenters. The summed E-state index contributed by atoms with van der Waals surface area (Å²) in [5.41, 5.74) is 0.985. The average Bonchev–Trinajstić information content (AvgIpc) is 2.47. The van der Waals surface area contributed by atoms with Gasteiger partial charge in [0.2, 0.25) is 0 Å². The minimum Gasteiger partial charge on any atom is -0.508 e. The van der Waals surface area contributed by atoms with Gasteiger partial charge in [-0.1, -0.05) is 11.6 Å². The van der Waals surface area contributed by atoms with E-state index in [-0.39, 0.29) is 10.8 Å². The molecule has 0 spiro atoms. The molecule has 0 aliphatic carbocycles. The number of fused-ring (bicyclic) bond motifs is 3. The first-order valence-corrected chi connectivity index (χ1v) is 7.57. The first-order valence-electron chi connectivity index (χ1n) is 7.19. The summed E-state index contributed by atoms with van der Waals surface area (Å²) in [4.78, 5) is 14.4. The van der Waals surface area contributed by atoms with Gasteiger partial charge < -0.3 is 14.4 Å². The molecule has 3 rings (SSSR count). The van der Waals surface area contributed by atoms with Crippen LogP contribution in [0.1, 0.15) is 13.8 Å². The Morgan fingerprint density at radius 1 is 1.14 bits per heavy atom. The number of aromatic hydroxyl groups is 1. The zero-order chi connectivity index (χ0) is 15.9. The molecule has 1 heterocycles. The van der Waals surface area contributed by atoms with E-state index in [2.05, 4.69) is 18.7 Å². The van der Waals surface area contributed by atoms with Gasteiger partial charge in [-0.05, 0) is 38.1 Å². The topological polar surface area (TPSA) is 53.7 Å². The van der Waals surface area contributed by atoms with Crippen molar-refractivity contribution < 1.29 is 9.52 Å². The number of phenolic OH excluding ortho intramolecular Hbond substituents is 1. The molecule has 2 aromatic carbocycles. The number of halogens is 1. The van der Waals surface area contributed by atoms with Gasteiger partial charge >= 0.3 is 5.63 Å². The van der Waals surface area contributed by atoms with E-state index in [4.69, 9.17) is 16.0 Å². The molecule has 114 valence electrons. The van der Waals surface area contributed by atoms with Crippen molar-refractivity contribution in [3.05, 3.63) is 45.8 Å². The molecule has 0 saturated heterocycles. The minimum atomic E-state index is -0.496. The summed E-state index contributed by atoms with van der Waals surface area (Å²) in [7, 11) is 0. The Labute approximate surface area is 132 Å². The first-order chi connectivity index (χ1) is 10.5. The number of hydrogen-bond donors (Lipinski definition) is 1. The summed E-state index contributed by atoms with van der Waals surface area (Å²) in [6.45, 7) is 5.88. The van der Waals surface area contributed by atoms with Crippen molar-refractivity contribution in [2.75, 3.05) is 18.0 Å². The molecule has 0 radical (unpaired) electrons. The molecule has 1 aromatic heterocycles. The predicted octanol–water partition coefficient (Wildman–Crippen LogP) is 4.15. The van der Waals surface area contributed by atoms with Crippen LogP contribution in [0.15, 0.2) is 39.5 Å². The highest BCUT2D eigenvalue weighted by Crippen LogP contribution is 2.32. The third kappa shape index (κ3) is 2.29. The Hall–Kier alpha value is -2.20. The van der Waals surface area contributed by atoms with Crippen molar-refractivity contribution in [3.63, 3.8) is 0 Å². The van der Waals surface area contributed by atoms with Gasteiger partial charge in [0.05, 0.1) is 10.4 Å². The fraction of sp³-hybridized carbons (Fsp3) is 0.235. The molecular weight excluding hydrogens is 302 g/mol. The van der Waals surface area contributed by atoms with Crippen LogP contribution in [-0.4, -0.2) is 18.2 Å². The number of phenols is 1. The molecule has 0 saturated carbocycles. The van der Waals surface area contributed by atoms with E-state index in [1.807, 2.05) is 18.2 Å². The average molecular weight is 318 g/mol. The largest absolute Gasteiger partial charge is 0.508 e. The molecule has 0 aliphatic rings. The minimum absolute atomic E-state index is 0.0252. The van der Waals surface area contributed by atoms with Crippen molar-refractivity contribution in [1.82, 2.24) is 0 Å².